The number of H-pyrrole nitrogens is 1. The van der Waals surface area contributed by atoms with Crippen molar-refractivity contribution < 1.29 is 14.3 Å². The van der Waals surface area contributed by atoms with Gasteiger partial charge < -0.3 is 19.9 Å². The molecule has 2 amide bonds. The Hall–Kier alpha value is -3.19. The summed E-state index contributed by atoms with van der Waals surface area (Å²) in [6.45, 7) is 2.35. The second-order valence-electron chi connectivity index (χ2n) is 7.44. The number of morpholine rings is 1. The number of benzene rings is 2. The topological polar surface area (TPSA) is 87.3 Å². The molecule has 1 saturated heterocycles. The summed E-state index contributed by atoms with van der Waals surface area (Å²) in [6, 6.07) is 15.8. The molecule has 0 bridgehead atoms. The van der Waals surface area contributed by atoms with Crippen LogP contribution in [0, 0.1) is 0 Å². The zero-order valence-corrected chi connectivity index (χ0v) is 16.9. The fraction of sp³-hybridized carbons (Fsp3) is 0.348. The molecule has 0 atom stereocenters. The Morgan fingerprint density at radius 1 is 1.00 bits per heavy atom. The molecule has 1 aliphatic heterocycles. The summed E-state index contributed by atoms with van der Waals surface area (Å²) in [4.78, 5) is 34.0. The monoisotopic (exact) mass is 406 g/mol. The Balaban J connectivity index is 1.22. The van der Waals surface area contributed by atoms with Gasteiger partial charge in [-0.25, -0.2) is 4.98 Å². The van der Waals surface area contributed by atoms with Crippen LogP contribution in [0.1, 0.15) is 24.2 Å². The average Bonchev–Trinajstić information content (AvgIpc) is 3.21. The molecule has 1 aliphatic rings. The number of imidazole rings is 1. The summed E-state index contributed by atoms with van der Waals surface area (Å²) >= 11 is 0. The predicted molar refractivity (Wildman–Crippen MR) is 115 cm³/mol. The molecule has 30 heavy (non-hydrogen) atoms. The van der Waals surface area contributed by atoms with Crippen molar-refractivity contribution >= 4 is 28.5 Å². The van der Waals surface area contributed by atoms with Crippen LogP contribution in [0.15, 0.2) is 48.5 Å². The minimum Gasteiger partial charge on any atom is -0.378 e. The molecule has 7 nitrogen and oxygen atoms in total. The zero-order chi connectivity index (χ0) is 20.8. The lowest BCUT2D eigenvalue weighted by Crippen LogP contribution is -2.40. The maximum absolute atomic E-state index is 12.2. The van der Waals surface area contributed by atoms with E-state index in [0.29, 0.717) is 26.3 Å². The van der Waals surface area contributed by atoms with Crippen LogP contribution in [-0.2, 0) is 27.2 Å². The van der Waals surface area contributed by atoms with E-state index < -0.39 is 0 Å². The number of nitrogens with one attached hydrogen (secondary N) is 2. The molecule has 0 radical (unpaired) electrons. The third-order valence-electron chi connectivity index (χ3n) is 5.26. The number of aromatic amines is 1. The van der Waals surface area contributed by atoms with Crippen molar-refractivity contribution in [2.24, 2.45) is 0 Å². The molecule has 4 rings (SSSR count). The average molecular weight is 406 g/mol. The zero-order valence-electron chi connectivity index (χ0n) is 16.9. The number of hydrogen-bond donors (Lipinski definition) is 2. The van der Waals surface area contributed by atoms with E-state index in [1.807, 2.05) is 48.5 Å². The van der Waals surface area contributed by atoms with Gasteiger partial charge in [-0.15, -0.1) is 0 Å². The number of amides is 2. The number of rotatable bonds is 7. The highest BCUT2D eigenvalue weighted by molar-refractivity contribution is 5.93. The number of para-hydroxylation sites is 2. The van der Waals surface area contributed by atoms with Crippen LogP contribution in [0.4, 0.5) is 5.69 Å². The molecule has 7 heteroatoms. The molecule has 0 saturated carbocycles. The van der Waals surface area contributed by atoms with Crippen molar-refractivity contribution in [3.63, 3.8) is 0 Å². The lowest BCUT2D eigenvalue weighted by Gasteiger charge is -2.26. The molecule has 2 N–H and O–H groups in total. The van der Waals surface area contributed by atoms with Gasteiger partial charge >= 0.3 is 0 Å². The summed E-state index contributed by atoms with van der Waals surface area (Å²) in [6.07, 6.45) is 2.09. The maximum atomic E-state index is 12.2. The van der Waals surface area contributed by atoms with E-state index in [2.05, 4.69) is 15.3 Å². The van der Waals surface area contributed by atoms with E-state index in [1.165, 1.54) is 5.56 Å². The van der Waals surface area contributed by atoms with Crippen molar-refractivity contribution in [1.29, 1.82) is 0 Å². The largest absolute Gasteiger partial charge is 0.378 e. The van der Waals surface area contributed by atoms with Gasteiger partial charge in [0.1, 0.15) is 5.82 Å². The van der Waals surface area contributed by atoms with E-state index in [9.17, 15) is 9.59 Å². The normalized spacial score (nSPS) is 14.1. The first kappa shape index (κ1) is 20.1. The van der Waals surface area contributed by atoms with E-state index >= 15 is 0 Å². The molecule has 0 spiro atoms. The Morgan fingerprint density at radius 3 is 2.53 bits per heavy atom. The van der Waals surface area contributed by atoms with Gasteiger partial charge in [0.05, 0.1) is 24.2 Å². The molecular weight excluding hydrogens is 380 g/mol. The number of aromatic nitrogens is 2. The lowest BCUT2D eigenvalue weighted by molar-refractivity contribution is -0.136. The van der Waals surface area contributed by atoms with Gasteiger partial charge in [-0.2, -0.15) is 0 Å². The highest BCUT2D eigenvalue weighted by Crippen LogP contribution is 2.15. The first-order valence-corrected chi connectivity index (χ1v) is 10.4. The minimum absolute atomic E-state index is 0.00869. The van der Waals surface area contributed by atoms with E-state index in [0.717, 1.165) is 35.4 Å². The van der Waals surface area contributed by atoms with Crippen molar-refractivity contribution in [1.82, 2.24) is 14.9 Å². The van der Waals surface area contributed by atoms with Crippen LogP contribution in [0.5, 0.6) is 0 Å². The van der Waals surface area contributed by atoms with Gasteiger partial charge in [-0.1, -0.05) is 24.3 Å². The van der Waals surface area contributed by atoms with Crippen molar-refractivity contribution in [3.05, 3.63) is 59.9 Å². The third-order valence-corrected chi connectivity index (χ3v) is 5.26. The molecule has 1 aromatic heterocycles. The van der Waals surface area contributed by atoms with Crippen LogP contribution in [-0.4, -0.2) is 53.0 Å². The number of nitrogens with zero attached hydrogens (tertiary/aromatic N) is 2. The molecule has 2 heterocycles. The second kappa shape index (κ2) is 9.54. The number of carbonyl (C=O) groups excluding carboxylic acids is 2. The summed E-state index contributed by atoms with van der Waals surface area (Å²) in [7, 11) is 0. The molecule has 2 aromatic carbocycles. The van der Waals surface area contributed by atoms with Crippen molar-refractivity contribution in [2.75, 3.05) is 31.6 Å². The van der Waals surface area contributed by atoms with Crippen LogP contribution < -0.4 is 5.32 Å². The van der Waals surface area contributed by atoms with Gasteiger partial charge in [0, 0.05) is 38.0 Å². The van der Waals surface area contributed by atoms with E-state index in [4.69, 9.17) is 4.74 Å². The molecule has 1 fully saturated rings. The Labute approximate surface area is 175 Å². The van der Waals surface area contributed by atoms with Crippen molar-refractivity contribution in [2.45, 2.75) is 25.7 Å². The van der Waals surface area contributed by atoms with Gasteiger partial charge in [-0.3, -0.25) is 9.59 Å². The smallest absolute Gasteiger partial charge is 0.224 e. The lowest BCUT2D eigenvalue weighted by atomic mass is 10.1. The first-order valence-electron chi connectivity index (χ1n) is 10.4. The van der Waals surface area contributed by atoms with E-state index in [-0.39, 0.29) is 24.7 Å². The van der Waals surface area contributed by atoms with Gasteiger partial charge in [0.25, 0.3) is 0 Å². The summed E-state index contributed by atoms with van der Waals surface area (Å²) in [5.74, 6) is 0.833. The number of carbonyl (C=O) groups is 2. The molecule has 0 aliphatic carbocycles. The van der Waals surface area contributed by atoms with E-state index in [1.54, 1.807) is 4.90 Å². The van der Waals surface area contributed by atoms with Crippen LogP contribution >= 0.6 is 0 Å². The van der Waals surface area contributed by atoms with Crippen LogP contribution in [0.25, 0.3) is 11.0 Å². The Bertz CT molecular complexity index is 974. The minimum atomic E-state index is -0.147. The number of fused-ring (bicyclic) bond motifs is 1. The quantitative estimate of drug-likeness (QED) is 0.632. The third kappa shape index (κ3) is 5.24. The van der Waals surface area contributed by atoms with Gasteiger partial charge in [-0.05, 0) is 36.2 Å². The highest BCUT2D eigenvalue weighted by atomic mass is 16.5. The molecular formula is C23H26N4O3. The summed E-state index contributed by atoms with van der Waals surface area (Å²) < 4.78 is 5.24. The van der Waals surface area contributed by atoms with Crippen LogP contribution in [0.2, 0.25) is 0 Å². The predicted octanol–water partition coefficient (Wildman–Crippen LogP) is 2.93. The van der Waals surface area contributed by atoms with Crippen LogP contribution in [0.3, 0.4) is 0 Å². The molecule has 0 unspecified atom stereocenters. The SMILES string of the molecule is O=C(CCC(=O)N1CCOCC1)Nc1ccc(CCc2nc3ccccc3[nH]2)cc1. The number of aryl methyl sites for hydroxylation is 2. The summed E-state index contributed by atoms with van der Waals surface area (Å²) in [5.41, 5.74) is 3.96. The van der Waals surface area contributed by atoms with Gasteiger partial charge in [0.2, 0.25) is 11.8 Å². The number of ether oxygens (including phenoxy) is 1. The maximum Gasteiger partial charge on any atom is 0.224 e. The van der Waals surface area contributed by atoms with Gasteiger partial charge in [0.15, 0.2) is 0 Å². The highest BCUT2D eigenvalue weighted by Gasteiger charge is 2.17. The molecule has 156 valence electrons. The fourth-order valence-electron chi connectivity index (χ4n) is 3.56. The molecule has 3 aromatic rings. The Kier molecular flexibility index (Phi) is 6.39. The Morgan fingerprint density at radius 2 is 1.77 bits per heavy atom. The first-order chi connectivity index (χ1) is 14.7. The fourth-order valence-corrected chi connectivity index (χ4v) is 3.56. The number of hydrogen-bond acceptors (Lipinski definition) is 4. The summed E-state index contributed by atoms with van der Waals surface area (Å²) in [5, 5.41) is 2.87. The number of anilines is 1. The second-order valence-corrected chi connectivity index (χ2v) is 7.44. The standard InChI is InChI=1S/C23H26N4O3/c28-22(11-12-23(29)27-13-15-30-16-14-27)24-18-8-5-17(6-9-18)7-10-21-25-19-3-1-2-4-20(19)26-21/h1-6,8-9H,7,10-16H2,(H,24,28)(H,25,26). The van der Waals surface area contributed by atoms with Crippen molar-refractivity contribution in [3.8, 4) is 0 Å².